The van der Waals surface area contributed by atoms with Gasteiger partial charge in [-0.2, -0.15) is 0 Å². The van der Waals surface area contributed by atoms with Gasteiger partial charge in [-0.15, -0.1) is 18.2 Å². The van der Waals surface area contributed by atoms with Gasteiger partial charge in [-0.3, -0.25) is 4.79 Å². The lowest BCUT2D eigenvalue weighted by molar-refractivity contribution is 0.0729. The molecule has 1 aromatic carbocycles. The summed E-state index contributed by atoms with van der Waals surface area (Å²) >= 11 is 5.71. The molecule has 3 heteroatoms. The first kappa shape index (κ1) is 13.8. The minimum absolute atomic E-state index is 0.0287. The molecule has 0 heterocycles. The van der Waals surface area contributed by atoms with Crippen LogP contribution in [-0.2, 0) is 5.88 Å². The Kier molecular flexibility index (Phi) is 5.23. The SMILES string of the molecule is C=CCN(C(=O)c1ccc(CCl)cc1)C(C)C. The quantitative estimate of drug-likeness (QED) is 0.580. The zero-order valence-corrected chi connectivity index (χ0v) is 11.1. The van der Waals surface area contributed by atoms with Crippen LogP contribution in [0.5, 0.6) is 0 Å². The van der Waals surface area contributed by atoms with Crippen LogP contribution < -0.4 is 0 Å². The zero-order valence-electron chi connectivity index (χ0n) is 10.3. The van der Waals surface area contributed by atoms with E-state index < -0.39 is 0 Å². The van der Waals surface area contributed by atoms with E-state index in [4.69, 9.17) is 11.6 Å². The number of rotatable bonds is 5. The van der Waals surface area contributed by atoms with Gasteiger partial charge >= 0.3 is 0 Å². The van der Waals surface area contributed by atoms with Gasteiger partial charge in [0.25, 0.3) is 5.91 Å². The highest BCUT2D eigenvalue weighted by atomic mass is 35.5. The van der Waals surface area contributed by atoms with Crippen molar-refractivity contribution >= 4 is 17.5 Å². The molecule has 0 bridgehead atoms. The first-order valence-electron chi connectivity index (χ1n) is 5.67. The number of alkyl halides is 1. The molecule has 0 fully saturated rings. The van der Waals surface area contributed by atoms with Gasteiger partial charge in [0.15, 0.2) is 0 Å². The Labute approximate surface area is 108 Å². The van der Waals surface area contributed by atoms with Crippen LogP contribution in [0.4, 0.5) is 0 Å². The number of halogens is 1. The molecule has 1 amide bonds. The summed E-state index contributed by atoms with van der Waals surface area (Å²) in [4.78, 5) is 14.0. The molecule has 0 unspecified atom stereocenters. The van der Waals surface area contributed by atoms with Gasteiger partial charge in [-0.25, -0.2) is 0 Å². The third-order valence-corrected chi connectivity index (χ3v) is 2.87. The summed E-state index contributed by atoms with van der Waals surface area (Å²) in [6.45, 7) is 8.23. The second kappa shape index (κ2) is 6.45. The molecular weight excluding hydrogens is 234 g/mol. The highest BCUT2D eigenvalue weighted by Gasteiger charge is 2.16. The van der Waals surface area contributed by atoms with Crippen molar-refractivity contribution in [3.8, 4) is 0 Å². The number of nitrogens with zero attached hydrogens (tertiary/aromatic N) is 1. The predicted octanol–water partition coefficient (Wildman–Crippen LogP) is 3.46. The van der Waals surface area contributed by atoms with E-state index in [2.05, 4.69) is 6.58 Å². The molecule has 17 heavy (non-hydrogen) atoms. The van der Waals surface area contributed by atoms with Crippen molar-refractivity contribution in [1.82, 2.24) is 4.90 Å². The fraction of sp³-hybridized carbons (Fsp3) is 0.357. The maximum absolute atomic E-state index is 12.2. The molecule has 0 N–H and O–H groups in total. The summed E-state index contributed by atoms with van der Waals surface area (Å²) in [6, 6.07) is 7.56. The van der Waals surface area contributed by atoms with Gasteiger partial charge in [0.05, 0.1) is 0 Å². The normalized spacial score (nSPS) is 10.4. The molecule has 0 aliphatic carbocycles. The standard InChI is InChI=1S/C14H18ClNO/c1-4-9-16(11(2)3)14(17)13-7-5-12(10-15)6-8-13/h4-8,11H,1,9-10H2,2-3H3. The maximum Gasteiger partial charge on any atom is 0.254 e. The average Bonchev–Trinajstić information content (AvgIpc) is 2.35. The second-order valence-electron chi connectivity index (χ2n) is 4.17. The molecular formula is C14H18ClNO. The van der Waals surface area contributed by atoms with Gasteiger partial charge in [0.2, 0.25) is 0 Å². The minimum atomic E-state index is 0.0287. The van der Waals surface area contributed by atoms with E-state index in [1.807, 2.05) is 38.1 Å². The van der Waals surface area contributed by atoms with Gasteiger partial charge in [0, 0.05) is 24.0 Å². The van der Waals surface area contributed by atoms with Crippen molar-refractivity contribution in [3.63, 3.8) is 0 Å². The van der Waals surface area contributed by atoms with Gasteiger partial charge < -0.3 is 4.90 Å². The summed E-state index contributed by atoms with van der Waals surface area (Å²) in [5.74, 6) is 0.496. The van der Waals surface area contributed by atoms with Crippen molar-refractivity contribution in [1.29, 1.82) is 0 Å². The first-order chi connectivity index (χ1) is 8.10. The molecule has 2 nitrogen and oxygen atoms in total. The topological polar surface area (TPSA) is 20.3 Å². The molecule has 1 aromatic rings. The van der Waals surface area contributed by atoms with Crippen LogP contribution in [-0.4, -0.2) is 23.4 Å². The van der Waals surface area contributed by atoms with Crippen LogP contribution >= 0.6 is 11.6 Å². The Balaban J connectivity index is 2.88. The fourth-order valence-corrected chi connectivity index (χ4v) is 1.75. The Morgan fingerprint density at radius 3 is 2.41 bits per heavy atom. The van der Waals surface area contributed by atoms with E-state index in [0.717, 1.165) is 5.56 Å². The number of benzene rings is 1. The number of carbonyl (C=O) groups excluding carboxylic acids is 1. The molecule has 92 valence electrons. The highest BCUT2D eigenvalue weighted by molar-refractivity contribution is 6.17. The van der Waals surface area contributed by atoms with Crippen molar-refractivity contribution in [3.05, 3.63) is 48.0 Å². The van der Waals surface area contributed by atoms with Crippen LogP contribution in [0.1, 0.15) is 29.8 Å². The third kappa shape index (κ3) is 3.60. The zero-order chi connectivity index (χ0) is 12.8. The van der Waals surface area contributed by atoms with Gasteiger partial charge in [-0.1, -0.05) is 18.2 Å². The number of amides is 1. The summed E-state index contributed by atoms with van der Waals surface area (Å²) in [7, 11) is 0. The fourth-order valence-electron chi connectivity index (χ4n) is 1.57. The van der Waals surface area contributed by atoms with Crippen LogP contribution in [0.3, 0.4) is 0 Å². The van der Waals surface area contributed by atoms with E-state index in [1.165, 1.54) is 0 Å². The van der Waals surface area contributed by atoms with Gasteiger partial charge in [0.1, 0.15) is 0 Å². The largest absolute Gasteiger partial charge is 0.333 e. The van der Waals surface area contributed by atoms with Crippen molar-refractivity contribution in [2.75, 3.05) is 6.54 Å². The number of carbonyl (C=O) groups is 1. The summed E-state index contributed by atoms with van der Waals surface area (Å²) in [6.07, 6.45) is 1.74. The summed E-state index contributed by atoms with van der Waals surface area (Å²) in [5.41, 5.74) is 1.71. The van der Waals surface area contributed by atoms with Crippen LogP contribution in [0.25, 0.3) is 0 Å². The van der Waals surface area contributed by atoms with E-state index in [1.54, 1.807) is 11.0 Å². The molecule has 0 aromatic heterocycles. The molecule has 0 atom stereocenters. The van der Waals surface area contributed by atoms with Crippen molar-refractivity contribution in [2.24, 2.45) is 0 Å². The van der Waals surface area contributed by atoms with Crippen LogP contribution in [0.15, 0.2) is 36.9 Å². The number of hydrogen-bond donors (Lipinski definition) is 0. The average molecular weight is 252 g/mol. The smallest absolute Gasteiger partial charge is 0.254 e. The van der Waals surface area contributed by atoms with Crippen LogP contribution in [0.2, 0.25) is 0 Å². The molecule has 0 radical (unpaired) electrons. The highest BCUT2D eigenvalue weighted by Crippen LogP contribution is 2.11. The Morgan fingerprint density at radius 2 is 2.00 bits per heavy atom. The van der Waals surface area contributed by atoms with Gasteiger partial charge in [-0.05, 0) is 31.5 Å². The molecule has 0 saturated carbocycles. The van der Waals surface area contributed by atoms with E-state index in [0.29, 0.717) is 18.0 Å². The molecule has 0 aliphatic heterocycles. The summed E-state index contributed by atoms with van der Waals surface area (Å²) < 4.78 is 0. The lowest BCUT2D eigenvalue weighted by Gasteiger charge is -2.25. The molecule has 0 spiro atoms. The predicted molar refractivity (Wildman–Crippen MR) is 72.4 cm³/mol. The van der Waals surface area contributed by atoms with E-state index in [9.17, 15) is 4.79 Å². The van der Waals surface area contributed by atoms with Crippen molar-refractivity contribution in [2.45, 2.75) is 25.8 Å². The van der Waals surface area contributed by atoms with E-state index >= 15 is 0 Å². The summed E-state index contributed by atoms with van der Waals surface area (Å²) in [5, 5.41) is 0. The number of hydrogen-bond acceptors (Lipinski definition) is 1. The molecule has 0 aliphatic rings. The monoisotopic (exact) mass is 251 g/mol. The van der Waals surface area contributed by atoms with Crippen molar-refractivity contribution < 1.29 is 4.79 Å². The lowest BCUT2D eigenvalue weighted by Crippen LogP contribution is -2.37. The second-order valence-corrected chi connectivity index (χ2v) is 4.44. The Morgan fingerprint density at radius 1 is 1.41 bits per heavy atom. The maximum atomic E-state index is 12.2. The first-order valence-corrected chi connectivity index (χ1v) is 6.20. The third-order valence-electron chi connectivity index (χ3n) is 2.57. The molecule has 0 saturated heterocycles. The van der Waals surface area contributed by atoms with Crippen LogP contribution in [0, 0.1) is 0 Å². The Bertz CT molecular complexity index is 384. The molecule has 1 rings (SSSR count). The minimum Gasteiger partial charge on any atom is -0.333 e. The Hall–Kier alpha value is -1.28. The van der Waals surface area contributed by atoms with E-state index in [-0.39, 0.29) is 11.9 Å². The lowest BCUT2D eigenvalue weighted by atomic mass is 10.1.